The highest BCUT2D eigenvalue weighted by Crippen LogP contribution is 2.33. The maximum absolute atomic E-state index is 4.40. The number of nitrogens with one attached hydrogen (secondary N) is 1. The Morgan fingerprint density at radius 3 is 3.06 bits per heavy atom. The molecule has 3 rings (SSSR count). The molecule has 2 aliphatic heterocycles. The van der Waals surface area contributed by atoms with Crippen molar-refractivity contribution in [2.45, 2.75) is 31.2 Å². The number of imidazole rings is 1. The molecule has 4 heteroatoms. The van der Waals surface area contributed by atoms with Crippen LogP contribution in [-0.2, 0) is 5.41 Å². The molecule has 2 unspecified atom stereocenters. The Bertz CT molecular complexity index is 392. The zero-order chi connectivity index (χ0) is 11.9. The summed E-state index contributed by atoms with van der Waals surface area (Å²) >= 11 is 0. The Morgan fingerprint density at radius 1 is 1.53 bits per heavy atom. The van der Waals surface area contributed by atoms with Gasteiger partial charge < -0.3 is 14.8 Å². The number of hydrogen-bond donors (Lipinski definition) is 1. The summed E-state index contributed by atoms with van der Waals surface area (Å²) in [7, 11) is 2.20. The Morgan fingerprint density at radius 2 is 2.41 bits per heavy atom. The van der Waals surface area contributed by atoms with Gasteiger partial charge in [-0.1, -0.05) is 6.92 Å². The molecule has 1 N–H and O–H groups in total. The molecule has 4 nitrogen and oxygen atoms in total. The van der Waals surface area contributed by atoms with Gasteiger partial charge in [0, 0.05) is 36.4 Å². The molecule has 2 aliphatic rings. The summed E-state index contributed by atoms with van der Waals surface area (Å²) in [5.74, 6) is 0. The van der Waals surface area contributed by atoms with Gasteiger partial charge in [0.05, 0.1) is 6.33 Å². The van der Waals surface area contributed by atoms with E-state index in [9.17, 15) is 0 Å². The summed E-state index contributed by atoms with van der Waals surface area (Å²) in [5.41, 5.74) is 1.69. The van der Waals surface area contributed by atoms with Gasteiger partial charge in [0.15, 0.2) is 0 Å². The van der Waals surface area contributed by atoms with Crippen molar-refractivity contribution in [1.29, 1.82) is 0 Å². The van der Waals surface area contributed by atoms with Crippen molar-refractivity contribution >= 4 is 0 Å². The van der Waals surface area contributed by atoms with E-state index in [0.29, 0.717) is 6.04 Å². The molecule has 0 saturated carbocycles. The van der Waals surface area contributed by atoms with Crippen LogP contribution in [-0.4, -0.2) is 47.7 Å². The van der Waals surface area contributed by atoms with Gasteiger partial charge in [-0.2, -0.15) is 0 Å². The second-order valence-electron chi connectivity index (χ2n) is 5.88. The maximum atomic E-state index is 4.40. The van der Waals surface area contributed by atoms with Gasteiger partial charge in [0.25, 0.3) is 0 Å². The molecule has 2 atom stereocenters. The summed E-state index contributed by atoms with van der Waals surface area (Å²) < 4.78 is 2.43. The first kappa shape index (κ1) is 11.2. The van der Waals surface area contributed by atoms with Crippen LogP contribution >= 0.6 is 0 Å². The molecule has 0 amide bonds. The third kappa shape index (κ3) is 1.89. The smallest absolute Gasteiger partial charge is 0.0951 e. The predicted octanol–water partition coefficient (Wildman–Crippen LogP) is 1.01. The van der Waals surface area contributed by atoms with Crippen molar-refractivity contribution in [3.63, 3.8) is 0 Å². The Labute approximate surface area is 103 Å². The van der Waals surface area contributed by atoms with Gasteiger partial charge in [-0.15, -0.1) is 0 Å². The van der Waals surface area contributed by atoms with E-state index < -0.39 is 0 Å². The lowest BCUT2D eigenvalue weighted by Gasteiger charge is -2.27. The second kappa shape index (κ2) is 4.10. The standard InChI is InChI=1S/C13H22N4/c1-13(4-5-14-9-13)12-7-15-10-17(12)11-3-6-16(2)8-11/h7,10-11,14H,3-6,8-9H2,1-2H3. The molecule has 0 aliphatic carbocycles. The third-order valence-electron chi connectivity index (χ3n) is 4.41. The van der Waals surface area contributed by atoms with E-state index in [1.165, 1.54) is 25.1 Å². The zero-order valence-electron chi connectivity index (χ0n) is 10.8. The normalized spacial score (nSPS) is 34.6. The molecule has 17 heavy (non-hydrogen) atoms. The SMILES string of the molecule is CN1CCC(n2cncc2C2(C)CCNC2)C1. The highest BCUT2D eigenvalue weighted by Gasteiger charge is 2.35. The van der Waals surface area contributed by atoms with Gasteiger partial charge in [0.1, 0.15) is 0 Å². The highest BCUT2D eigenvalue weighted by atomic mass is 15.2. The fourth-order valence-electron chi connectivity index (χ4n) is 3.24. The van der Waals surface area contributed by atoms with Crippen molar-refractivity contribution in [1.82, 2.24) is 19.8 Å². The van der Waals surface area contributed by atoms with Crippen LogP contribution in [0, 0.1) is 0 Å². The predicted molar refractivity (Wildman–Crippen MR) is 68.2 cm³/mol. The van der Waals surface area contributed by atoms with E-state index in [0.717, 1.165) is 19.6 Å². The first-order chi connectivity index (χ1) is 8.19. The maximum Gasteiger partial charge on any atom is 0.0951 e. The number of likely N-dealkylation sites (tertiary alicyclic amines) is 1. The van der Waals surface area contributed by atoms with Gasteiger partial charge >= 0.3 is 0 Å². The molecule has 3 heterocycles. The van der Waals surface area contributed by atoms with Crippen LogP contribution in [0.5, 0.6) is 0 Å². The lowest BCUT2D eigenvalue weighted by Crippen LogP contribution is -2.29. The van der Waals surface area contributed by atoms with Crippen LogP contribution in [0.15, 0.2) is 12.5 Å². The topological polar surface area (TPSA) is 33.1 Å². The molecule has 94 valence electrons. The average Bonchev–Trinajstić information content (AvgIpc) is 2.96. The summed E-state index contributed by atoms with van der Waals surface area (Å²) in [6, 6.07) is 0.620. The highest BCUT2D eigenvalue weighted by molar-refractivity contribution is 5.18. The summed E-state index contributed by atoms with van der Waals surface area (Å²) in [6.45, 7) is 6.94. The first-order valence-electron chi connectivity index (χ1n) is 6.61. The average molecular weight is 234 g/mol. The molecular weight excluding hydrogens is 212 g/mol. The van der Waals surface area contributed by atoms with Crippen LogP contribution in [0.3, 0.4) is 0 Å². The summed E-state index contributed by atoms with van der Waals surface area (Å²) in [6.07, 6.45) is 6.58. The summed E-state index contributed by atoms with van der Waals surface area (Å²) in [4.78, 5) is 6.80. The van der Waals surface area contributed by atoms with Crippen LogP contribution < -0.4 is 5.32 Å². The van der Waals surface area contributed by atoms with Crippen molar-refractivity contribution < 1.29 is 0 Å². The number of aromatic nitrogens is 2. The largest absolute Gasteiger partial charge is 0.330 e. The van der Waals surface area contributed by atoms with E-state index in [4.69, 9.17) is 0 Å². The molecule has 0 radical (unpaired) electrons. The number of nitrogens with zero attached hydrogens (tertiary/aromatic N) is 3. The minimum absolute atomic E-state index is 0.275. The molecule has 2 fully saturated rings. The minimum atomic E-state index is 0.275. The summed E-state index contributed by atoms with van der Waals surface area (Å²) in [5, 5.41) is 3.48. The van der Waals surface area contributed by atoms with Gasteiger partial charge in [-0.05, 0) is 33.0 Å². The van der Waals surface area contributed by atoms with Crippen LogP contribution in [0.2, 0.25) is 0 Å². The number of likely N-dealkylation sites (N-methyl/N-ethyl adjacent to an activating group) is 1. The molecule has 1 aromatic rings. The van der Waals surface area contributed by atoms with E-state index in [1.807, 2.05) is 6.33 Å². The molecule has 2 saturated heterocycles. The fraction of sp³-hybridized carbons (Fsp3) is 0.769. The molecule has 0 bridgehead atoms. The Kier molecular flexibility index (Phi) is 2.71. The lowest BCUT2D eigenvalue weighted by molar-refractivity contribution is 0.378. The number of rotatable bonds is 2. The van der Waals surface area contributed by atoms with Crippen LogP contribution in [0.1, 0.15) is 31.5 Å². The molecule has 0 spiro atoms. The molecule has 0 aromatic carbocycles. The first-order valence-corrected chi connectivity index (χ1v) is 6.61. The van der Waals surface area contributed by atoms with E-state index >= 15 is 0 Å². The minimum Gasteiger partial charge on any atom is -0.330 e. The van der Waals surface area contributed by atoms with Gasteiger partial charge in [0.2, 0.25) is 0 Å². The number of hydrogen-bond acceptors (Lipinski definition) is 3. The van der Waals surface area contributed by atoms with E-state index in [-0.39, 0.29) is 5.41 Å². The van der Waals surface area contributed by atoms with Crippen molar-refractivity contribution in [3.05, 3.63) is 18.2 Å². The van der Waals surface area contributed by atoms with E-state index in [1.54, 1.807) is 0 Å². The zero-order valence-corrected chi connectivity index (χ0v) is 10.8. The Balaban J connectivity index is 1.89. The second-order valence-corrected chi connectivity index (χ2v) is 5.88. The van der Waals surface area contributed by atoms with Crippen molar-refractivity contribution in [2.24, 2.45) is 0 Å². The van der Waals surface area contributed by atoms with Gasteiger partial charge in [-0.25, -0.2) is 4.98 Å². The Hall–Kier alpha value is -0.870. The molecule has 1 aromatic heterocycles. The van der Waals surface area contributed by atoms with Gasteiger partial charge in [-0.3, -0.25) is 0 Å². The fourth-order valence-corrected chi connectivity index (χ4v) is 3.24. The van der Waals surface area contributed by atoms with E-state index in [2.05, 4.69) is 39.9 Å². The van der Waals surface area contributed by atoms with Crippen LogP contribution in [0.25, 0.3) is 0 Å². The lowest BCUT2D eigenvalue weighted by atomic mass is 9.86. The van der Waals surface area contributed by atoms with Crippen molar-refractivity contribution in [2.75, 3.05) is 33.2 Å². The van der Waals surface area contributed by atoms with Crippen LogP contribution in [0.4, 0.5) is 0 Å². The molecular formula is C13H22N4. The van der Waals surface area contributed by atoms with Crippen molar-refractivity contribution in [3.8, 4) is 0 Å². The third-order valence-corrected chi connectivity index (χ3v) is 4.41. The quantitative estimate of drug-likeness (QED) is 0.829. The monoisotopic (exact) mass is 234 g/mol.